The molecule has 1 saturated heterocycles. The molecule has 1 fully saturated rings. The number of nitrogens with one attached hydrogen (secondary N) is 2. The number of carbonyl (C=O) groups is 1. The lowest BCUT2D eigenvalue weighted by Gasteiger charge is -2.23. The fraction of sp³-hybridized carbons (Fsp3) is 0.619. The Balaban J connectivity index is 1.86. The van der Waals surface area contributed by atoms with Crippen LogP contribution in [0.4, 0.5) is 4.79 Å². The van der Waals surface area contributed by atoms with E-state index in [0.717, 1.165) is 30.2 Å². The summed E-state index contributed by atoms with van der Waals surface area (Å²) in [6.45, 7) is 12.5. The lowest BCUT2D eigenvalue weighted by atomic mass is 10.1. The fourth-order valence-electron chi connectivity index (χ4n) is 3.20. The van der Waals surface area contributed by atoms with Crippen LogP contribution >= 0.6 is 0 Å². The molecule has 1 aromatic rings. The first-order chi connectivity index (χ1) is 13.2. The third-order valence-corrected chi connectivity index (χ3v) is 4.41. The van der Waals surface area contributed by atoms with Crippen molar-refractivity contribution < 1.29 is 14.3 Å². The minimum atomic E-state index is -0.490. The van der Waals surface area contributed by atoms with E-state index in [2.05, 4.69) is 39.6 Å². The van der Waals surface area contributed by atoms with Crippen molar-refractivity contribution in [3.63, 3.8) is 0 Å². The summed E-state index contributed by atoms with van der Waals surface area (Å²) in [6.07, 6.45) is 0.495. The zero-order valence-corrected chi connectivity index (χ0v) is 18.0. The Morgan fingerprint density at radius 3 is 2.71 bits per heavy atom. The molecule has 0 bridgehead atoms. The van der Waals surface area contributed by atoms with Crippen LogP contribution in [-0.2, 0) is 11.3 Å². The minimum absolute atomic E-state index is 0.0566. The zero-order chi connectivity index (χ0) is 20.7. The van der Waals surface area contributed by atoms with Crippen LogP contribution in [0, 0.1) is 6.92 Å². The summed E-state index contributed by atoms with van der Waals surface area (Å²) < 4.78 is 10.9. The van der Waals surface area contributed by atoms with Gasteiger partial charge in [-0.25, -0.2) is 4.79 Å². The fourth-order valence-corrected chi connectivity index (χ4v) is 3.20. The van der Waals surface area contributed by atoms with Gasteiger partial charge in [-0.2, -0.15) is 0 Å². The van der Waals surface area contributed by atoms with E-state index in [0.29, 0.717) is 19.7 Å². The van der Waals surface area contributed by atoms with E-state index < -0.39 is 5.60 Å². The molecule has 28 heavy (non-hydrogen) atoms. The largest absolute Gasteiger partial charge is 0.494 e. The molecule has 2 N–H and O–H groups in total. The highest BCUT2D eigenvalue weighted by atomic mass is 16.6. The first-order valence-corrected chi connectivity index (χ1v) is 9.89. The zero-order valence-electron chi connectivity index (χ0n) is 18.0. The second-order valence-electron chi connectivity index (χ2n) is 8.01. The number of aliphatic imine (C=N–C) groups is 1. The van der Waals surface area contributed by atoms with Crippen LogP contribution in [0.25, 0.3) is 0 Å². The predicted octanol–water partition coefficient (Wildman–Crippen LogP) is 3.07. The molecule has 7 heteroatoms. The number of carbonyl (C=O) groups excluding carboxylic acids is 1. The molecule has 0 spiro atoms. The van der Waals surface area contributed by atoms with Crippen molar-refractivity contribution in [3.05, 3.63) is 29.3 Å². The van der Waals surface area contributed by atoms with E-state index in [1.807, 2.05) is 33.8 Å². The van der Waals surface area contributed by atoms with Crippen LogP contribution in [0.15, 0.2) is 23.2 Å². The molecule has 1 aliphatic heterocycles. The number of aryl methyl sites for hydroxylation is 1. The first kappa shape index (κ1) is 21.9. The van der Waals surface area contributed by atoms with E-state index in [1.165, 1.54) is 5.56 Å². The SMILES string of the molecule is CCOc1ccc(CNC(=NC)N2CC[C@@H](NC(=O)OC(C)(C)C)C2)cc1C. The van der Waals surface area contributed by atoms with E-state index in [1.54, 1.807) is 7.05 Å². The molecule has 0 radical (unpaired) electrons. The molecule has 0 saturated carbocycles. The molecule has 7 nitrogen and oxygen atoms in total. The number of guanidine groups is 1. The quantitative estimate of drug-likeness (QED) is 0.597. The summed E-state index contributed by atoms with van der Waals surface area (Å²) in [5, 5.41) is 6.35. The molecule has 1 atom stereocenters. The second kappa shape index (κ2) is 9.66. The number of amides is 1. The summed E-state index contributed by atoms with van der Waals surface area (Å²) in [6, 6.07) is 6.26. The number of hydrogen-bond donors (Lipinski definition) is 2. The third kappa shape index (κ3) is 6.62. The molecule has 1 amide bonds. The van der Waals surface area contributed by atoms with E-state index in [9.17, 15) is 4.79 Å². The van der Waals surface area contributed by atoms with Gasteiger partial charge >= 0.3 is 6.09 Å². The van der Waals surface area contributed by atoms with Crippen LogP contribution < -0.4 is 15.4 Å². The highest BCUT2D eigenvalue weighted by molar-refractivity contribution is 5.80. The summed E-state index contributed by atoms with van der Waals surface area (Å²) in [7, 11) is 1.78. The smallest absolute Gasteiger partial charge is 0.407 e. The van der Waals surface area contributed by atoms with Crippen molar-refractivity contribution in [1.29, 1.82) is 0 Å². The monoisotopic (exact) mass is 390 g/mol. The third-order valence-electron chi connectivity index (χ3n) is 4.41. The Morgan fingerprint density at radius 1 is 1.36 bits per heavy atom. The molecule has 1 aliphatic rings. The van der Waals surface area contributed by atoms with Crippen molar-refractivity contribution in [2.24, 2.45) is 4.99 Å². The van der Waals surface area contributed by atoms with Gasteiger partial charge in [-0.05, 0) is 58.2 Å². The maximum atomic E-state index is 12.0. The van der Waals surface area contributed by atoms with Gasteiger partial charge in [0.25, 0.3) is 0 Å². The van der Waals surface area contributed by atoms with Gasteiger partial charge < -0.3 is 25.0 Å². The molecule has 2 rings (SSSR count). The summed E-state index contributed by atoms with van der Waals surface area (Å²) in [5.41, 5.74) is 1.80. The number of benzene rings is 1. The second-order valence-corrected chi connectivity index (χ2v) is 8.01. The van der Waals surface area contributed by atoms with Crippen molar-refractivity contribution in [2.45, 2.75) is 59.2 Å². The molecule has 0 aliphatic carbocycles. The topological polar surface area (TPSA) is 75.2 Å². The van der Waals surface area contributed by atoms with Gasteiger partial charge in [-0.1, -0.05) is 12.1 Å². The predicted molar refractivity (Wildman–Crippen MR) is 112 cm³/mol. The van der Waals surface area contributed by atoms with E-state index in [4.69, 9.17) is 9.47 Å². The normalized spacial score (nSPS) is 17.4. The van der Waals surface area contributed by atoms with Crippen LogP contribution in [0.1, 0.15) is 45.2 Å². The molecule has 0 aromatic heterocycles. The lowest BCUT2D eigenvalue weighted by Crippen LogP contribution is -2.44. The van der Waals surface area contributed by atoms with Crippen LogP contribution in [0.5, 0.6) is 5.75 Å². The molecule has 1 heterocycles. The average Bonchev–Trinajstić information content (AvgIpc) is 3.04. The van der Waals surface area contributed by atoms with Gasteiger partial charge in [-0.3, -0.25) is 4.99 Å². The number of ether oxygens (including phenoxy) is 2. The van der Waals surface area contributed by atoms with Gasteiger partial charge in [0.15, 0.2) is 5.96 Å². The van der Waals surface area contributed by atoms with Gasteiger partial charge in [-0.15, -0.1) is 0 Å². The summed E-state index contributed by atoms with van der Waals surface area (Å²) in [4.78, 5) is 18.5. The number of rotatable bonds is 5. The minimum Gasteiger partial charge on any atom is -0.494 e. The Hall–Kier alpha value is -2.44. The van der Waals surface area contributed by atoms with Crippen LogP contribution in [0.3, 0.4) is 0 Å². The van der Waals surface area contributed by atoms with Gasteiger partial charge in [0.1, 0.15) is 11.4 Å². The van der Waals surface area contributed by atoms with Crippen LogP contribution in [-0.4, -0.2) is 55.3 Å². The summed E-state index contributed by atoms with van der Waals surface area (Å²) in [5.74, 6) is 1.76. The maximum Gasteiger partial charge on any atom is 0.407 e. The Labute approximate surface area is 168 Å². The highest BCUT2D eigenvalue weighted by Gasteiger charge is 2.27. The molecule has 1 aromatic carbocycles. The van der Waals surface area contributed by atoms with Gasteiger partial charge in [0.2, 0.25) is 0 Å². The van der Waals surface area contributed by atoms with Crippen molar-refractivity contribution >= 4 is 12.1 Å². The van der Waals surface area contributed by atoms with E-state index >= 15 is 0 Å². The van der Waals surface area contributed by atoms with Gasteiger partial charge in [0.05, 0.1) is 12.6 Å². The van der Waals surface area contributed by atoms with Crippen molar-refractivity contribution in [2.75, 3.05) is 26.7 Å². The summed E-state index contributed by atoms with van der Waals surface area (Å²) >= 11 is 0. The van der Waals surface area contributed by atoms with Crippen molar-refractivity contribution in [1.82, 2.24) is 15.5 Å². The van der Waals surface area contributed by atoms with Crippen LogP contribution in [0.2, 0.25) is 0 Å². The van der Waals surface area contributed by atoms with Gasteiger partial charge in [0, 0.05) is 26.7 Å². The number of alkyl carbamates (subject to hydrolysis) is 1. The average molecular weight is 391 g/mol. The van der Waals surface area contributed by atoms with Crippen molar-refractivity contribution in [3.8, 4) is 5.75 Å². The number of hydrogen-bond acceptors (Lipinski definition) is 4. The Morgan fingerprint density at radius 2 is 2.11 bits per heavy atom. The first-order valence-electron chi connectivity index (χ1n) is 9.89. The Kier molecular flexibility index (Phi) is 7.54. The number of likely N-dealkylation sites (tertiary alicyclic amines) is 1. The molecule has 156 valence electrons. The number of nitrogens with zero attached hydrogens (tertiary/aromatic N) is 2. The standard InChI is InChI=1S/C21H34N4O3/c1-7-27-18-9-8-16(12-15(18)2)13-23-19(22-6)25-11-10-17(14-25)24-20(26)28-21(3,4)5/h8-9,12,17H,7,10-11,13-14H2,1-6H3,(H,22,23)(H,24,26)/t17-/m1/s1. The maximum absolute atomic E-state index is 12.0. The molecule has 0 unspecified atom stereocenters. The lowest BCUT2D eigenvalue weighted by molar-refractivity contribution is 0.0507. The Bertz CT molecular complexity index is 697. The molecular weight excluding hydrogens is 356 g/mol. The highest BCUT2D eigenvalue weighted by Crippen LogP contribution is 2.19. The van der Waals surface area contributed by atoms with E-state index in [-0.39, 0.29) is 12.1 Å². The molecular formula is C21H34N4O3.